The van der Waals surface area contributed by atoms with Crippen molar-refractivity contribution in [2.45, 2.75) is 31.9 Å². The monoisotopic (exact) mass is 308 g/mol. The summed E-state index contributed by atoms with van der Waals surface area (Å²) in [5, 5.41) is 8.90. The third-order valence-electron chi connectivity index (χ3n) is 3.51. The molecular weight excluding hydrogens is 288 g/mol. The number of sulfonamides is 1. The summed E-state index contributed by atoms with van der Waals surface area (Å²) in [5.74, 6) is -0.0402. The number of nitrogens with zero attached hydrogens (tertiary/aromatic N) is 2. The first-order valence-corrected chi connectivity index (χ1v) is 8.73. The van der Waals surface area contributed by atoms with E-state index in [0.29, 0.717) is 6.61 Å². The van der Waals surface area contributed by atoms with Crippen molar-refractivity contribution in [3.63, 3.8) is 0 Å². The Bertz CT molecular complexity index is 575. The zero-order chi connectivity index (χ0) is 15.1. The molecule has 114 valence electrons. The van der Waals surface area contributed by atoms with E-state index in [1.54, 1.807) is 0 Å². The lowest BCUT2D eigenvalue weighted by atomic mass is 10.1. The molecule has 0 N–H and O–H groups in total. The molecule has 5 nitrogen and oxygen atoms in total. The number of ether oxygens (including phenoxy) is 1. The third kappa shape index (κ3) is 4.81. The quantitative estimate of drug-likeness (QED) is 0.753. The molecule has 0 spiro atoms. The minimum atomic E-state index is -3.50. The van der Waals surface area contributed by atoms with E-state index in [-0.39, 0.29) is 24.9 Å². The summed E-state index contributed by atoms with van der Waals surface area (Å²) >= 11 is 0. The molecule has 0 radical (unpaired) electrons. The van der Waals surface area contributed by atoms with Gasteiger partial charge >= 0.3 is 0 Å². The number of hydrogen-bond acceptors (Lipinski definition) is 4. The first kappa shape index (κ1) is 16.0. The predicted octanol–water partition coefficient (Wildman–Crippen LogP) is 1.91. The van der Waals surface area contributed by atoms with Crippen molar-refractivity contribution in [3.8, 4) is 6.07 Å². The normalized spacial score (nSPS) is 19.3. The Morgan fingerprint density at radius 1 is 1.29 bits per heavy atom. The van der Waals surface area contributed by atoms with Crippen LogP contribution >= 0.6 is 0 Å². The molecule has 2 rings (SSSR count). The molecule has 0 unspecified atom stereocenters. The molecule has 6 heteroatoms. The predicted molar refractivity (Wildman–Crippen MR) is 79.8 cm³/mol. The molecule has 1 heterocycles. The van der Waals surface area contributed by atoms with Crippen LogP contribution in [0.5, 0.6) is 0 Å². The van der Waals surface area contributed by atoms with Crippen LogP contribution in [0.3, 0.4) is 0 Å². The van der Waals surface area contributed by atoms with E-state index in [2.05, 4.69) is 0 Å². The van der Waals surface area contributed by atoms with E-state index in [0.717, 1.165) is 24.8 Å². The highest BCUT2D eigenvalue weighted by Gasteiger charge is 2.27. The molecule has 1 atom stereocenters. The third-order valence-corrected chi connectivity index (χ3v) is 5.35. The van der Waals surface area contributed by atoms with Gasteiger partial charge in [-0.3, -0.25) is 0 Å². The smallest absolute Gasteiger partial charge is 0.217 e. The molecule has 1 aromatic rings. The Hall–Kier alpha value is -1.42. The summed E-state index contributed by atoms with van der Waals surface area (Å²) in [7, 11) is -3.50. The van der Waals surface area contributed by atoms with Crippen LogP contribution in [-0.2, 0) is 21.3 Å². The van der Waals surface area contributed by atoms with E-state index in [4.69, 9.17) is 10.00 Å². The van der Waals surface area contributed by atoms with Crippen molar-refractivity contribution in [2.24, 2.45) is 0 Å². The van der Waals surface area contributed by atoms with Crippen molar-refractivity contribution in [1.29, 1.82) is 5.26 Å². The highest BCUT2D eigenvalue weighted by Crippen LogP contribution is 2.17. The maximum atomic E-state index is 12.5. The van der Waals surface area contributed by atoms with Gasteiger partial charge in [-0.25, -0.2) is 8.42 Å². The van der Waals surface area contributed by atoms with Crippen molar-refractivity contribution in [1.82, 2.24) is 4.31 Å². The lowest BCUT2D eigenvalue weighted by molar-refractivity contribution is 0.0299. The van der Waals surface area contributed by atoms with Gasteiger partial charge in [-0.2, -0.15) is 9.57 Å². The highest BCUT2D eigenvalue weighted by molar-refractivity contribution is 7.89. The molecule has 1 aliphatic heterocycles. The molecule has 0 aromatic heterocycles. The topological polar surface area (TPSA) is 70.4 Å². The number of rotatable bonds is 6. The molecule has 0 saturated carbocycles. The van der Waals surface area contributed by atoms with E-state index >= 15 is 0 Å². The van der Waals surface area contributed by atoms with Gasteiger partial charge in [0.2, 0.25) is 10.0 Å². The average molecular weight is 308 g/mol. The molecular formula is C15H20N2O3S. The Morgan fingerprint density at radius 3 is 2.67 bits per heavy atom. The van der Waals surface area contributed by atoms with Crippen molar-refractivity contribution >= 4 is 10.0 Å². The van der Waals surface area contributed by atoms with Gasteiger partial charge in [-0.15, -0.1) is 0 Å². The Morgan fingerprint density at radius 2 is 2.05 bits per heavy atom. The summed E-state index contributed by atoms with van der Waals surface area (Å²) in [6, 6.07) is 11.2. The van der Waals surface area contributed by atoms with Gasteiger partial charge in [-0.1, -0.05) is 30.3 Å². The second kappa shape index (κ2) is 7.55. The van der Waals surface area contributed by atoms with Crippen molar-refractivity contribution in [3.05, 3.63) is 35.9 Å². The molecule has 0 amide bonds. The largest absolute Gasteiger partial charge is 0.377 e. The molecule has 0 bridgehead atoms. The average Bonchev–Trinajstić information content (AvgIpc) is 2.48. The molecule has 1 saturated heterocycles. The Kier molecular flexibility index (Phi) is 5.74. The molecule has 21 heavy (non-hydrogen) atoms. The zero-order valence-electron chi connectivity index (χ0n) is 11.9. The SMILES string of the molecule is N#CCN(Cc1ccccc1)S(=O)(=O)C[C@@H]1CCCCO1. The van der Waals surface area contributed by atoms with Crippen LogP contribution in [0.15, 0.2) is 30.3 Å². The molecule has 1 fully saturated rings. The fourth-order valence-corrected chi connectivity index (χ4v) is 3.94. The fraction of sp³-hybridized carbons (Fsp3) is 0.533. The van der Waals surface area contributed by atoms with Crippen LogP contribution in [0.2, 0.25) is 0 Å². The van der Waals surface area contributed by atoms with Crippen LogP contribution in [0.4, 0.5) is 0 Å². The van der Waals surface area contributed by atoms with E-state index in [9.17, 15) is 8.42 Å². The first-order valence-electron chi connectivity index (χ1n) is 7.12. The van der Waals surface area contributed by atoms with Crippen LogP contribution in [-0.4, -0.2) is 37.7 Å². The van der Waals surface area contributed by atoms with E-state index in [1.807, 2.05) is 36.4 Å². The lowest BCUT2D eigenvalue weighted by Gasteiger charge is -2.26. The van der Waals surface area contributed by atoms with Crippen LogP contribution in [0.25, 0.3) is 0 Å². The maximum absolute atomic E-state index is 12.5. The second-order valence-corrected chi connectivity index (χ2v) is 7.19. The van der Waals surface area contributed by atoms with E-state index in [1.165, 1.54) is 4.31 Å². The molecule has 1 aromatic carbocycles. The standard InChI is InChI=1S/C15H20N2O3S/c16-9-10-17(12-14-6-2-1-3-7-14)21(18,19)13-15-8-4-5-11-20-15/h1-3,6-7,15H,4-5,8,10-13H2/t15-/m0/s1. The van der Waals surface area contributed by atoms with Gasteiger partial charge in [0.05, 0.1) is 17.9 Å². The van der Waals surface area contributed by atoms with E-state index < -0.39 is 10.0 Å². The van der Waals surface area contributed by atoms with Crippen LogP contribution in [0.1, 0.15) is 24.8 Å². The first-order chi connectivity index (χ1) is 10.1. The summed E-state index contributed by atoms with van der Waals surface area (Å²) in [4.78, 5) is 0. The van der Waals surface area contributed by atoms with Gasteiger partial charge in [0.25, 0.3) is 0 Å². The van der Waals surface area contributed by atoms with Gasteiger partial charge < -0.3 is 4.74 Å². The van der Waals surface area contributed by atoms with Crippen molar-refractivity contribution in [2.75, 3.05) is 18.9 Å². The molecule has 1 aliphatic rings. The summed E-state index contributed by atoms with van der Waals surface area (Å²) in [6.07, 6.45) is 2.51. The summed E-state index contributed by atoms with van der Waals surface area (Å²) in [5.41, 5.74) is 0.876. The molecule has 0 aliphatic carbocycles. The highest BCUT2D eigenvalue weighted by atomic mass is 32.2. The van der Waals surface area contributed by atoms with Crippen molar-refractivity contribution < 1.29 is 13.2 Å². The van der Waals surface area contributed by atoms with Gasteiger partial charge in [0.1, 0.15) is 6.54 Å². The van der Waals surface area contributed by atoms with Gasteiger partial charge in [0.15, 0.2) is 0 Å². The minimum absolute atomic E-state index is 0.0402. The minimum Gasteiger partial charge on any atom is -0.377 e. The van der Waals surface area contributed by atoms with Gasteiger partial charge in [0, 0.05) is 13.2 Å². The van der Waals surface area contributed by atoms with Gasteiger partial charge in [-0.05, 0) is 24.8 Å². The zero-order valence-corrected chi connectivity index (χ0v) is 12.8. The second-order valence-electron chi connectivity index (χ2n) is 5.18. The maximum Gasteiger partial charge on any atom is 0.217 e. The lowest BCUT2D eigenvalue weighted by Crippen LogP contribution is -2.38. The number of nitriles is 1. The Labute approximate surface area is 126 Å². The number of benzene rings is 1. The fourth-order valence-electron chi connectivity index (χ4n) is 2.40. The number of hydrogen-bond donors (Lipinski definition) is 0. The van der Waals surface area contributed by atoms with Crippen LogP contribution < -0.4 is 0 Å². The Balaban J connectivity index is 2.06. The summed E-state index contributed by atoms with van der Waals surface area (Å²) in [6.45, 7) is 0.713. The summed E-state index contributed by atoms with van der Waals surface area (Å²) < 4.78 is 31.7. The van der Waals surface area contributed by atoms with Crippen LogP contribution in [0, 0.1) is 11.3 Å².